The van der Waals surface area contributed by atoms with Crippen LogP contribution >= 0.6 is 0 Å². The van der Waals surface area contributed by atoms with E-state index in [0.29, 0.717) is 10.5 Å². The van der Waals surface area contributed by atoms with E-state index in [0.717, 1.165) is 18.2 Å². The molecule has 0 saturated carbocycles. The number of fused-ring (bicyclic) bond motifs is 3. The summed E-state index contributed by atoms with van der Waals surface area (Å²) in [6.45, 7) is 0. The first-order valence-corrected chi connectivity index (χ1v) is 10.6. The summed E-state index contributed by atoms with van der Waals surface area (Å²) in [5.74, 6) is -7.22. The largest absolute Gasteiger partial charge is 0.349 e. The van der Waals surface area contributed by atoms with Gasteiger partial charge in [0, 0.05) is 11.1 Å². The van der Waals surface area contributed by atoms with Crippen LogP contribution in [-0.4, -0.2) is 29.0 Å². The predicted molar refractivity (Wildman–Crippen MR) is 114 cm³/mol. The minimum Gasteiger partial charge on any atom is -0.349 e. The quantitative estimate of drug-likeness (QED) is 0.432. The number of carbonyl (C=O) groups is 4. The fraction of sp³-hybridized carbons (Fsp3) is 0.154. The van der Waals surface area contributed by atoms with Gasteiger partial charge in [-0.25, -0.2) is 13.7 Å². The molecule has 2 fully saturated rings. The van der Waals surface area contributed by atoms with Crippen LogP contribution < -0.4 is 4.90 Å². The van der Waals surface area contributed by atoms with Crippen molar-refractivity contribution in [3.8, 4) is 0 Å². The van der Waals surface area contributed by atoms with Gasteiger partial charge in [-0.2, -0.15) is 0 Å². The van der Waals surface area contributed by atoms with Crippen molar-refractivity contribution in [1.82, 2.24) is 0 Å². The van der Waals surface area contributed by atoms with Gasteiger partial charge in [-0.1, -0.05) is 48.5 Å². The molecule has 0 bridgehead atoms. The van der Waals surface area contributed by atoms with Crippen molar-refractivity contribution in [1.29, 1.82) is 0 Å². The first-order valence-electron chi connectivity index (χ1n) is 10.6. The third kappa shape index (κ3) is 2.46. The van der Waals surface area contributed by atoms with E-state index in [1.807, 2.05) is 0 Å². The molecule has 0 aromatic heterocycles. The summed E-state index contributed by atoms with van der Waals surface area (Å²) in [6, 6.07) is 16.4. The Balaban J connectivity index is 1.56. The van der Waals surface area contributed by atoms with Crippen LogP contribution in [0.3, 0.4) is 0 Å². The number of halogens is 2. The average Bonchev–Trinajstić information content (AvgIpc) is 3.40. The number of hydrogen-bond donors (Lipinski definition) is 0. The Labute approximate surface area is 191 Å². The fourth-order valence-corrected chi connectivity index (χ4v) is 5.34. The zero-order chi connectivity index (χ0) is 23.8. The molecule has 6 nitrogen and oxygen atoms in total. The molecule has 2 amide bonds. The lowest BCUT2D eigenvalue weighted by Gasteiger charge is -2.27. The van der Waals surface area contributed by atoms with E-state index in [9.17, 15) is 28.0 Å². The molecular formula is C26H15F2NO5. The van der Waals surface area contributed by atoms with Crippen molar-refractivity contribution in [2.45, 2.75) is 11.7 Å². The number of hydrogen-bond acceptors (Lipinski definition) is 5. The standard InChI is InChI=1S/C26H15F2NO5/c27-14-11-9-13(10-12-14)21-19-20(25(33)29(24(19)32)18-8-4-3-7-17(18)28)26(34-21)22(30)15-5-1-2-6-16(15)23(26)31/h1-12,19-21H/t19-,20-,21+/m0/s1. The molecule has 3 atom stereocenters. The molecule has 0 radical (unpaired) electrons. The van der Waals surface area contributed by atoms with Crippen molar-refractivity contribution < 1.29 is 32.7 Å². The second-order valence-electron chi connectivity index (χ2n) is 8.50. The van der Waals surface area contributed by atoms with Gasteiger partial charge in [0.1, 0.15) is 11.6 Å². The Morgan fingerprint density at radius 3 is 1.94 bits per heavy atom. The number of carbonyl (C=O) groups excluding carboxylic acids is 4. The summed E-state index contributed by atoms with van der Waals surface area (Å²) < 4.78 is 34.3. The Morgan fingerprint density at radius 1 is 0.735 bits per heavy atom. The van der Waals surface area contributed by atoms with Crippen molar-refractivity contribution in [3.05, 3.63) is 101 Å². The number of benzene rings is 3. The molecule has 0 unspecified atom stereocenters. The van der Waals surface area contributed by atoms with Crippen molar-refractivity contribution >= 4 is 29.1 Å². The second-order valence-corrected chi connectivity index (χ2v) is 8.50. The number of nitrogens with zero attached hydrogens (tertiary/aromatic N) is 1. The maximum absolute atomic E-state index is 14.6. The monoisotopic (exact) mass is 459 g/mol. The van der Waals surface area contributed by atoms with E-state index in [-0.39, 0.29) is 16.8 Å². The first kappa shape index (κ1) is 20.6. The molecule has 2 heterocycles. The number of anilines is 1. The minimum absolute atomic E-state index is 0.0931. The lowest BCUT2D eigenvalue weighted by molar-refractivity contribution is -0.127. The van der Waals surface area contributed by atoms with Gasteiger partial charge in [0.25, 0.3) is 0 Å². The SMILES string of the molecule is O=C1[C@@H]2[C@@H](c3ccc(F)cc3)OC3(C(=O)c4ccccc4C3=O)[C@@H]2C(=O)N1c1ccccc1F. The van der Waals surface area contributed by atoms with Crippen LogP contribution in [0, 0.1) is 23.5 Å². The van der Waals surface area contributed by atoms with Crippen LogP contribution in [-0.2, 0) is 14.3 Å². The fourth-order valence-electron chi connectivity index (χ4n) is 5.34. The molecule has 34 heavy (non-hydrogen) atoms. The minimum atomic E-state index is -2.26. The molecule has 3 aromatic rings. The topological polar surface area (TPSA) is 80.8 Å². The summed E-state index contributed by atoms with van der Waals surface area (Å²) in [7, 11) is 0. The van der Waals surface area contributed by atoms with E-state index >= 15 is 0 Å². The van der Waals surface area contributed by atoms with E-state index in [2.05, 4.69) is 0 Å². The summed E-state index contributed by atoms with van der Waals surface area (Å²) in [6.07, 6.45) is -1.19. The highest BCUT2D eigenvalue weighted by molar-refractivity contribution is 6.37. The molecule has 0 N–H and O–H groups in total. The van der Waals surface area contributed by atoms with Crippen molar-refractivity contribution in [2.24, 2.45) is 11.8 Å². The number of para-hydroxylation sites is 1. The molecule has 6 rings (SSSR count). The van der Waals surface area contributed by atoms with Crippen LogP contribution in [0.1, 0.15) is 32.4 Å². The lowest BCUT2D eigenvalue weighted by Crippen LogP contribution is -2.51. The van der Waals surface area contributed by atoms with Crippen LogP contribution in [0.15, 0.2) is 72.8 Å². The molecule has 2 saturated heterocycles. The number of amides is 2. The molecule has 3 aliphatic rings. The van der Waals surface area contributed by atoms with E-state index < -0.39 is 58.6 Å². The highest BCUT2D eigenvalue weighted by atomic mass is 19.1. The Kier molecular flexibility index (Phi) is 4.22. The number of ether oxygens (including phenoxy) is 1. The Morgan fingerprint density at radius 2 is 1.32 bits per heavy atom. The first-order chi connectivity index (χ1) is 16.4. The van der Waals surface area contributed by atoms with Gasteiger partial charge < -0.3 is 4.74 Å². The van der Waals surface area contributed by atoms with Crippen LogP contribution in [0.4, 0.5) is 14.5 Å². The normalized spacial score (nSPS) is 24.8. The molecule has 3 aromatic carbocycles. The number of imide groups is 1. The highest BCUT2D eigenvalue weighted by Gasteiger charge is 2.74. The Bertz CT molecular complexity index is 1380. The summed E-state index contributed by atoms with van der Waals surface area (Å²) >= 11 is 0. The van der Waals surface area contributed by atoms with Crippen LogP contribution in [0.2, 0.25) is 0 Å². The summed E-state index contributed by atoms with van der Waals surface area (Å²) in [4.78, 5) is 55.2. The lowest BCUT2D eigenvalue weighted by atomic mass is 9.77. The van der Waals surface area contributed by atoms with Crippen LogP contribution in [0.5, 0.6) is 0 Å². The van der Waals surface area contributed by atoms with Gasteiger partial charge in [0.05, 0.1) is 23.6 Å². The third-order valence-electron chi connectivity index (χ3n) is 6.81. The van der Waals surface area contributed by atoms with Gasteiger partial charge in [0.2, 0.25) is 29.0 Å². The molecule has 1 spiro atoms. The van der Waals surface area contributed by atoms with E-state index in [1.165, 1.54) is 42.5 Å². The summed E-state index contributed by atoms with van der Waals surface area (Å²) in [5.41, 5.74) is -2.02. The maximum atomic E-state index is 14.6. The highest BCUT2D eigenvalue weighted by Crippen LogP contribution is 2.57. The molecule has 1 aliphatic carbocycles. The zero-order valence-corrected chi connectivity index (χ0v) is 17.4. The smallest absolute Gasteiger partial charge is 0.241 e. The molecule has 2 aliphatic heterocycles. The van der Waals surface area contributed by atoms with Gasteiger partial charge in [-0.15, -0.1) is 0 Å². The molecule has 168 valence electrons. The molecular weight excluding hydrogens is 444 g/mol. The van der Waals surface area contributed by atoms with E-state index in [4.69, 9.17) is 4.74 Å². The van der Waals surface area contributed by atoms with Gasteiger partial charge in [-0.3, -0.25) is 19.2 Å². The molecule has 8 heteroatoms. The van der Waals surface area contributed by atoms with Gasteiger partial charge in [-0.05, 0) is 29.8 Å². The van der Waals surface area contributed by atoms with E-state index in [1.54, 1.807) is 12.1 Å². The summed E-state index contributed by atoms with van der Waals surface area (Å²) in [5, 5.41) is 0. The van der Waals surface area contributed by atoms with Crippen molar-refractivity contribution in [2.75, 3.05) is 4.90 Å². The second kappa shape index (κ2) is 6.98. The third-order valence-corrected chi connectivity index (χ3v) is 6.81. The number of rotatable bonds is 2. The average molecular weight is 459 g/mol. The van der Waals surface area contributed by atoms with Crippen LogP contribution in [0.25, 0.3) is 0 Å². The van der Waals surface area contributed by atoms with Gasteiger partial charge >= 0.3 is 0 Å². The van der Waals surface area contributed by atoms with Gasteiger partial charge in [0.15, 0.2) is 0 Å². The maximum Gasteiger partial charge on any atom is 0.241 e. The number of ketones is 2. The number of Topliss-reactive ketones (excluding diaryl/α,β-unsaturated/α-hetero) is 2. The van der Waals surface area contributed by atoms with Crippen molar-refractivity contribution in [3.63, 3.8) is 0 Å². The zero-order valence-electron chi connectivity index (χ0n) is 17.4. The predicted octanol–water partition coefficient (Wildman–Crippen LogP) is 3.66. The Hall–Kier alpha value is -4.04.